The van der Waals surface area contributed by atoms with Gasteiger partial charge >= 0.3 is 6.09 Å². The first-order valence-corrected chi connectivity index (χ1v) is 6.98. The number of ether oxygens (including phenoxy) is 1. The molecule has 5 nitrogen and oxygen atoms in total. The van der Waals surface area contributed by atoms with Gasteiger partial charge in [0.2, 0.25) is 5.91 Å². The number of amides is 2. The monoisotopic (exact) mass is 276 g/mol. The normalized spacial score (nSPS) is 14.2. The molecule has 0 atom stereocenters. The van der Waals surface area contributed by atoms with E-state index in [1.54, 1.807) is 4.90 Å². The summed E-state index contributed by atoms with van der Waals surface area (Å²) in [4.78, 5) is 24.5. The Morgan fingerprint density at radius 3 is 2.80 bits per heavy atom. The molecule has 5 heteroatoms. The van der Waals surface area contributed by atoms with Gasteiger partial charge in [-0.2, -0.15) is 0 Å². The molecule has 1 aliphatic rings. The molecule has 20 heavy (non-hydrogen) atoms. The Morgan fingerprint density at radius 2 is 2.10 bits per heavy atom. The maximum absolute atomic E-state index is 11.7. The fourth-order valence-corrected chi connectivity index (χ4v) is 2.12. The zero-order valence-corrected chi connectivity index (χ0v) is 11.5. The molecular formula is C15H20N2O3. The van der Waals surface area contributed by atoms with Gasteiger partial charge in [-0.05, 0) is 18.4 Å². The van der Waals surface area contributed by atoms with Gasteiger partial charge in [0.25, 0.3) is 0 Å². The minimum absolute atomic E-state index is 0.0536. The second-order valence-corrected chi connectivity index (χ2v) is 4.79. The molecular weight excluding hydrogens is 256 g/mol. The smallest absolute Gasteiger partial charge is 0.409 e. The van der Waals surface area contributed by atoms with Gasteiger partial charge in [-0.1, -0.05) is 30.3 Å². The first-order chi connectivity index (χ1) is 9.75. The summed E-state index contributed by atoms with van der Waals surface area (Å²) in [6.45, 7) is 2.36. The molecule has 2 amide bonds. The molecule has 0 aliphatic carbocycles. The second-order valence-electron chi connectivity index (χ2n) is 4.79. The highest BCUT2D eigenvalue weighted by molar-refractivity contribution is 5.76. The van der Waals surface area contributed by atoms with Crippen LogP contribution in [0, 0.1) is 0 Å². The summed E-state index contributed by atoms with van der Waals surface area (Å²) in [5, 5.41) is 2.87. The zero-order chi connectivity index (χ0) is 14.2. The molecule has 1 aromatic rings. The molecule has 0 spiro atoms. The van der Waals surface area contributed by atoms with Crippen molar-refractivity contribution in [1.29, 1.82) is 0 Å². The fourth-order valence-electron chi connectivity index (χ4n) is 2.12. The molecule has 0 unspecified atom stereocenters. The van der Waals surface area contributed by atoms with Crippen molar-refractivity contribution in [2.75, 3.05) is 26.2 Å². The van der Waals surface area contributed by atoms with E-state index < -0.39 is 0 Å². The van der Waals surface area contributed by atoms with Crippen LogP contribution in [0.1, 0.15) is 18.4 Å². The van der Waals surface area contributed by atoms with Gasteiger partial charge in [-0.3, -0.25) is 4.79 Å². The number of carbonyl (C=O) groups is 2. The Bertz CT molecular complexity index is 448. The molecule has 1 N–H and O–H groups in total. The number of nitrogens with one attached hydrogen (secondary N) is 1. The Hall–Kier alpha value is -2.04. The van der Waals surface area contributed by atoms with E-state index in [-0.39, 0.29) is 12.0 Å². The van der Waals surface area contributed by atoms with E-state index >= 15 is 0 Å². The van der Waals surface area contributed by atoms with E-state index in [0.717, 1.165) is 12.8 Å². The molecule has 1 saturated heterocycles. The third-order valence-electron chi connectivity index (χ3n) is 3.26. The van der Waals surface area contributed by atoms with Gasteiger partial charge in [0.1, 0.15) is 6.61 Å². The number of cyclic esters (lactones) is 1. The van der Waals surface area contributed by atoms with Crippen LogP contribution in [-0.4, -0.2) is 43.1 Å². The van der Waals surface area contributed by atoms with Crippen LogP contribution in [-0.2, 0) is 16.0 Å². The van der Waals surface area contributed by atoms with Crippen LogP contribution in [0.15, 0.2) is 30.3 Å². The standard InChI is InChI=1S/C15H20N2O3/c18-14(8-7-13-5-2-1-3-6-13)16-9-4-10-17-11-12-20-15(17)19/h1-3,5-6H,4,7-12H2,(H,16,18). The van der Waals surface area contributed by atoms with Gasteiger partial charge in [-0.25, -0.2) is 4.79 Å². The Labute approximate surface area is 118 Å². The van der Waals surface area contributed by atoms with Crippen molar-refractivity contribution >= 4 is 12.0 Å². The molecule has 1 aliphatic heterocycles. The molecule has 1 fully saturated rings. The highest BCUT2D eigenvalue weighted by atomic mass is 16.6. The van der Waals surface area contributed by atoms with Crippen molar-refractivity contribution in [3.63, 3.8) is 0 Å². The van der Waals surface area contributed by atoms with Gasteiger partial charge in [0, 0.05) is 19.5 Å². The van der Waals surface area contributed by atoms with Crippen LogP contribution in [0.25, 0.3) is 0 Å². The zero-order valence-electron chi connectivity index (χ0n) is 11.5. The predicted molar refractivity (Wildman–Crippen MR) is 75.3 cm³/mol. The van der Waals surface area contributed by atoms with E-state index in [4.69, 9.17) is 4.74 Å². The first kappa shape index (κ1) is 14.4. The van der Waals surface area contributed by atoms with Crippen molar-refractivity contribution in [3.05, 3.63) is 35.9 Å². The third-order valence-corrected chi connectivity index (χ3v) is 3.26. The van der Waals surface area contributed by atoms with Gasteiger partial charge < -0.3 is 15.0 Å². The van der Waals surface area contributed by atoms with Crippen LogP contribution in [0.4, 0.5) is 4.79 Å². The quantitative estimate of drug-likeness (QED) is 0.769. The lowest BCUT2D eigenvalue weighted by atomic mass is 10.1. The highest BCUT2D eigenvalue weighted by Gasteiger charge is 2.20. The number of nitrogens with zero attached hydrogens (tertiary/aromatic N) is 1. The maximum Gasteiger partial charge on any atom is 0.409 e. The van der Waals surface area contributed by atoms with Crippen molar-refractivity contribution in [2.24, 2.45) is 0 Å². The van der Waals surface area contributed by atoms with E-state index in [1.165, 1.54) is 5.56 Å². The molecule has 2 rings (SSSR count). The van der Waals surface area contributed by atoms with E-state index in [0.29, 0.717) is 32.7 Å². The molecule has 0 aromatic heterocycles. The Balaban J connectivity index is 1.55. The largest absolute Gasteiger partial charge is 0.448 e. The lowest BCUT2D eigenvalue weighted by molar-refractivity contribution is -0.121. The summed E-state index contributed by atoms with van der Waals surface area (Å²) in [7, 11) is 0. The third kappa shape index (κ3) is 4.57. The van der Waals surface area contributed by atoms with Crippen LogP contribution in [0.3, 0.4) is 0 Å². The van der Waals surface area contributed by atoms with Crippen LogP contribution in [0.2, 0.25) is 0 Å². The van der Waals surface area contributed by atoms with E-state index in [9.17, 15) is 9.59 Å². The first-order valence-electron chi connectivity index (χ1n) is 6.98. The lowest BCUT2D eigenvalue weighted by Gasteiger charge is -2.12. The Morgan fingerprint density at radius 1 is 1.30 bits per heavy atom. The Kier molecular flexibility index (Phi) is 5.41. The molecule has 0 radical (unpaired) electrons. The SMILES string of the molecule is O=C(CCc1ccccc1)NCCCN1CCOC1=O. The van der Waals surface area contributed by atoms with E-state index in [2.05, 4.69) is 5.32 Å². The molecule has 0 bridgehead atoms. The number of benzene rings is 1. The summed E-state index contributed by atoms with van der Waals surface area (Å²) >= 11 is 0. The van der Waals surface area contributed by atoms with Gasteiger partial charge in [-0.15, -0.1) is 0 Å². The molecule has 108 valence electrons. The number of hydrogen-bond acceptors (Lipinski definition) is 3. The van der Waals surface area contributed by atoms with Crippen LogP contribution >= 0.6 is 0 Å². The van der Waals surface area contributed by atoms with Crippen molar-refractivity contribution in [1.82, 2.24) is 10.2 Å². The minimum Gasteiger partial charge on any atom is -0.448 e. The number of rotatable bonds is 7. The predicted octanol–water partition coefficient (Wildman–Crippen LogP) is 1.58. The summed E-state index contributed by atoms with van der Waals surface area (Å²) in [6, 6.07) is 9.95. The van der Waals surface area contributed by atoms with E-state index in [1.807, 2.05) is 30.3 Å². The van der Waals surface area contributed by atoms with Crippen molar-refractivity contribution < 1.29 is 14.3 Å². The van der Waals surface area contributed by atoms with Gasteiger partial charge in [0.05, 0.1) is 6.54 Å². The molecule has 0 saturated carbocycles. The number of hydrogen-bond donors (Lipinski definition) is 1. The van der Waals surface area contributed by atoms with Gasteiger partial charge in [0.15, 0.2) is 0 Å². The van der Waals surface area contributed by atoms with Crippen LogP contribution in [0.5, 0.6) is 0 Å². The lowest BCUT2D eigenvalue weighted by Crippen LogP contribution is -2.30. The topological polar surface area (TPSA) is 58.6 Å². The molecule has 1 aromatic carbocycles. The van der Waals surface area contributed by atoms with Crippen molar-refractivity contribution in [3.8, 4) is 0 Å². The minimum atomic E-state index is -0.250. The average molecular weight is 276 g/mol. The number of carbonyl (C=O) groups excluding carboxylic acids is 2. The van der Waals surface area contributed by atoms with Crippen molar-refractivity contribution in [2.45, 2.75) is 19.3 Å². The second kappa shape index (κ2) is 7.53. The summed E-state index contributed by atoms with van der Waals surface area (Å²) < 4.78 is 4.83. The fraction of sp³-hybridized carbons (Fsp3) is 0.467. The molecule has 1 heterocycles. The maximum atomic E-state index is 11.7. The summed E-state index contributed by atoms with van der Waals surface area (Å²) in [5.41, 5.74) is 1.17. The highest BCUT2D eigenvalue weighted by Crippen LogP contribution is 2.04. The summed E-state index contributed by atoms with van der Waals surface area (Å²) in [6.07, 6.45) is 1.76. The number of aryl methyl sites for hydroxylation is 1. The average Bonchev–Trinajstić information content (AvgIpc) is 2.88. The summed E-state index contributed by atoms with van der Waals surface area (Å²) in [5.74, 6) is 0.0536. The van der Waals surface area contributed by atoms with Crippen LogP contribution < -0.4 is 5.32 Å².